The van der Waals surface area contributed by atoms with Gasteiger partial charge in [0.25, 0.3) is 0 Å². The van der Waals surface area contributed by atoms with E-state index in [1.54, 1.807) is 45.0 Å². The van der Waals surface area contributed by atoms with Crippen molar-refractivity contribution in [3.63, 3.8) is 0 Å². The Balaban J connectivity index is 3.13. The summed E-state index contributed by atoms with van der Waals surface area (Å²) >= 11 is 0. The predicted molar refractivity (Wildman–Crippen MR) is 75.1 cm³/mol. The molecule has 0 saturated carbocycles. The fraction of sp³-hybridized carbons (Fsp3) is 0.400. The molecule has 5 heteroatoms. The van der Waals surface area contributed by atoms with Crippen molar-refractivity contribution in [3.8, 4) is 6.07 Å². The molecule has 20 heavy (non-hydrogen) atoms. The summed E-state index contributed by atoms with van der Waals surface area (Å²) in [6.07, 6.45) is 0. The third-order valence-corrected chi connectivity index (χ3v) is 2.92. The summed E-state index contributed by atoms with van der Waals surface area (Å²) < 4.78 is 0. The number of nitriles is 1. The van der Waals surface area contributed by atoms with Crippen molar-refractivity contribution in [1.82, 2.24) is 0 Å². The Morgan fingerprint density at radius 2 is 2.00 bits per heavy atom. The average Bonchev–Trinajstić information content (AvgIpc) is 2.43. The Hall–Kier alpha value is -2.35. The monoisotopic (exact) mass is 274 g/mol. The second kappa shape index (κ2) is 6.71. The van der Waals surface area contributed by atoms with Crippen LogP contribution in [0.15, 0.2) is 24.3 Å². The quantitative estimate of drug-likeness (QED) is 0.893. The Labute approximate surface area is 118 Å². The lowest BCUT2D eigenvalue weighted by atomic mass is 10.1. The molecular formula is C15H18N2O3. The molecule has 5 nitrogen and oxygen atoms in total. The van der Waals surface area contributed by atoms with Gasteiger partial charge in [0.05, 0.1) is 17.6 Å². The smallest absolute Gasteiger partial charge is 0.308 e. The number of nitrogens with zero attached hydrogens (tertiary/aromatic N) is 2. The van der Waals surface area contributed by atoms with E-state index in [0.29, 0.717) is 11.3 Å². The molecule has 0 saturated heterocycles. The maximum Gasteiger partial charge on any atom is 0.308 e. The van der Waals surface area contributed by atoms with E-state index in [1.807, 2.05) is 6.07 Å². The van der Waals surface area contributed by atoms with Gasteiger partial charge in [-0.15, -0.1) is 0 Å². The van der Waals surface area contributed by atoms with Crippen LogP contribution >= 0.6 is 0 Å². The first-order valence-electron chi connectivity index (χ1n) is 6.41. The summed E-state index contributed by atoms with van der Waals surface area (Å²) in [5.41, 5.74) is 0.989. The van der Waals surface area contributed by atoms with Gasteiger partial charge < -0.3 is 10.0 Å². The van der Waals surface area contributed by atoms with E-state index < -0.39 is 11.9 Å². The molecule has 0 aromatic heterocycles. The van der Waals surface area contributed by atoms with Gasteiger partial charge >= 0.3 is 5.97 Å². The molecule has 106 valence electrons. The number of amides is 1. The van der Waals surface area contributed by atoms with E-state index in [-0.39, 0.29) is 18.4 Å². The molecule has 0 aliphatic rings. The highest BCUT2D eigenvalue weighted by molar-refractivity contribution is 5.95. The molecule has 0 fully saturated rings. The third kappa shape index (κ3) is 3.82. The molecule has 1 aromatic carbocycles. The highest BCUT2D eigenvalue weighted by Gasteiger charge is 2.24. The van der Waals surface area contributed by atoms with Gasteiger partial charge in [-0.25, -0.2) is 0 Å². The number of aliphatic carboxylic acids is 1. The van der Waals surface area contributed by atoms with Crippen LogP contribution < -0.4 is 4.90 Å². The fourth-order valence-corrected chi connectivity index (χ4v) is 1.73. The van der Waals surface area contributed by atoms with Crippen molar-refractivity contribution < 1.29 is 14.7 Å². The van der Waals surface area contributed by atoms with Crippen LogP contribution in [0.5, 0.6) is 0 Å². The third-order valence-electron chi connectivity index (χ3n) is 2.92. The lowest BCUT2D eigenvalue weighted by molar-refractivity contribution is -0.140. The number of carbonyl (C=O) groups is 2. The fourth-order valence-electron chi connectivity index (χ4n) is 1.73. The van der Waals surface area contributed by atoms with E-state index in [4.69, 9.17) is 10.4 Å². The summed E-state index contributed by atoms with van der Waals surface area (Å²) in [6.45, 7) is 5.15. The molecule has 1 aromatic rings. The molecular weight excluding hydrogens is 256 g/mol. The summed E-state index contributed by atoms with van der Waals surface area (Å²) in [5.74, 6) is -2.04. The first-order valence-corrected chi connectivity index (χ1v) is 6.41. The van der Waals surface area contributed by atoms with E-state index in [1.165, 1.54) is 4.90 Å². The highest BCUT2D eigenvalue weighted by Crippen LogP contribution is 2.20. The van der Waals surface area contributed by atoms with Crippen molar-refractivity contribution in [2.45, 2.75) is 20.8 Å². The van der Waals surface area contributed by atoms with E-state index in [2.05, 4.69) is 0 Å². The van der Waals surface area contributed by atoms with Crippen LogP contribution in [0.3, 0.4) is 0 Å². The SMILES string of the molecule is CC(C)C(=O)N(CC(C)C(=O)O)c1cccc(C#N)c1. The summed E-state index contributed by atoms with van der Waals surface area (Å²) in [6, 6.07) is 8.63. The molecule has 0 radical (unpaired) electrons. The van der Waals surface area contributed by atoms with Gasteiger partial charge in [-0.2, -0.15) is 5.26 Å². The van der Waals surface area contributed by atoms with Gasteiger partial charge in [-0.1, -0.05) is 26.8 Å². The number of rotatable bonds is 5. The summed E-state index contributed by atoms with van der Waals surface area (Å²) in [4.78, 5) is 24.7. The predicted octanol–water partition coefficient (Wildman–Crippen LogP) is 2.27. The van der Waals surface area contributed by atoms with Crippen LogP contribution in [-0.2, 0) is 9.59 Å². The lowest BCUT2D eigenvalue weighted by Gasteiger charge is -2.26. The van der Waals surface area contributed by atoms with Crippen molar-refractivity contribution in [1.29, 1.82) is 5.26 Å². The Morgan fingerprint density at radius 3 is 2.50 bits per heavy atom. The lowest BCUT2D eigenvalue weighted by Crippen LogP contribution is -2.39. The van der Waals surface area contributed by atoms with E-state index in [9.17, 15) is 9.59 Å². The Bertz CT molecular complexity index is 546. The van der Waals surface area contributed by atoms with Gasteiger partial charge in [-0.3, -0.25) is 9.59 Å². The number of anilines is 1. The normalized spacial score (nSPS) is 11.8. The molecule has 0 aliphatic carbocycles. The van der Waals surface area contributed by atoms with Crippen LogP contribution in [0.1, 0.15) is 26.3 Å². The van der Waals surface area contributed by atoms with Gasteiger partial charge in [0, 0.05) is 18.2 Å². The van der Waals surface area contributed by atoms with Crippen molar-refractivity contribution in [2.24, 2.45) is 11.8 Å². The molecule has 0 aliphatic heterocycles. The summed E-state index contributed by atoms with van der Waals surface area (Å²) in [5, 5.41) is 17.9. The maximum atomic E-state index is 12.3. The number of hydrogen-bond donors (Lipinski definition) is 1. The molecule has 0 bridgehead atoms. The zero-order valence-electron chi connectivity index (χ0n) is 11.8. The minimum Gasteiger partial charge on any atom is -0.481 e. The standard InChI is InChI=1S/C15H18N2O3/c1-10(2)14(18)17(9-11(3)15(19)20)13-6-4-5-12(7-13)8-16/h4-7,10-11H,9H2,1-3H3,(H,19,20). The van der Waals surface area contributed by atoms with Crippen molar-refractivity contribution >= 4 is 17.6 Å². The van der Waals surface area contributed by atoms with Gasteiger partial charge in [0.2, 0.25) is 5.91 Å². The van der Waals surface area contributed by atoms with Crippen molar-refractivity contribution in [3.05, 3.63) is 29.8 Å². The minimum absolute atomic E-state index is 0.0846. The number of carboxylic acid groups (broad SMARTS) is 1. The molecule has 1 N–H and O–H groups in total. The Kier molecular flexibility index (Phi) is 5.27. The molecule has 1 unspecified atom stereocenters. The van der Waals surface area contributed by atoms with Crippen LogP contribution in [-0.4, -0.2) is 23.5 Å². The van der Waals surface area contributed by atoms with Gasteiger partial charge in [0.1, 0.15) is 0 Å². The maximum absolute atomic E-state index is 12.3. The molecule has 0 heterocycles. The van der Waals surface area contributed by atoms with Crippen LogP contribution in [0.2, 0.25) is 0 Å². The number of carbonyl (C=O) groups excluding carboxylic acids is 1. The number of hydrogen-bond acceptors (Lipinski definition) is 3. The first-order chi connectivity index (χ1) is 9.36. The topological polar surface area (TPSA) is 81.4 Å². The van der Waals surface area contributed by atoms with Crippen LogP contribution in [0, 0.1) is 23.2 Å². The average molecular weight is 274 g/mol. The second-order valence-electron chi connectivity index (χ2n) is 5.00. The molecule has 0 spiro atoms. The molecule has 1 atom stereocenters. The molecule has 1 rings (SSSR count). The second-order valence-corrected chi connectivity index (χ2v) is 5.00. The zero-order valence-corrected chi connectivity index (χ0v) is 11.8. The van der Waals surface area contributed by atoms with Crippen LogP contribution in [0.4, 0.5) is 5.69 Å². The zero-order chi connectivity index (χ0) is 15.3. The highest BCUT2D eigenvalue weighted by atomic mass is 16.4. The Morgan fingerprint density at radius 1 is 1.35 bits per heavy atom. The first kappa shape index (κ1) is 15.7. The van der Waals surface area contributed by atoms with E-state index in [0.717, 1.165) is 0 Å². The van der Waals surface area contributed by atoms with Crippen molar-refractivity contribution in [2.75, 3.05) is 11.4 Å². The van der Waals surface area contributed by atoms with E-state index >= 15 is 0 Å². The summed E-state index contributed by atoms with van der Waals surface area (Å²) in [7, 11) is 0. The largest absolute Gasteiger partial charge is 0.481 e. The van der Waals surface area contributed by atoms with Gasteiger partial charge in [0.15, 0.2) is 0 Å². The number of benzene rings is 1. The number of carboxylic acids is 1. The molecule has 1 amide bonds. The minimum atomic E-state index is -0.956. The van der Waals surface area contributed by atoms with Gasteiger partial charge in [-0.05, 0) is 18.2 Å². The van der Waals surface area contributed by atoms with Crippen LogP contribution in [0.25, 0.3) is 0 Å².